The first-order valence-electron chi connectivity index (χ1n) is 20.9. The van der Waals surface area contributed by atoms with E-state index in [2.05, 4.69) is 11.3 Å². The Labute approximate surface area is 396 Å². The van der Waals surface area contributed by atoms with E-state index in [0.29, 0.717) is 54.4 Å². The minimum absolute atomic E-state index is 0.00229. The number of ether oxygens (including phenoxy) is 1. The van der Waals surface area contributed by atoms with Crippen LogP contribution in [-0.2, 0) is 70.9 Å². The summed E-state index contributed by atoms with van der Waals surface area (Å²) < 4.78 is 174. The van der Waals surface area contributed by atoms with Crippen LogP contribution in [0.25, 0.3) is 21.5 Å². The molecule has 5 rings (SSSR count). The van der Waals surface area contributed by atoms with Gasteiger partial charge in [0.25, 0.3) is 40.5 Å². The zero-order valence-electron chi connectivity index (χ0n) is 37.8. The molecule has 1 aliphatic rings. The summed E-state index contributed by atoms with van der Waals surface area (Å²) in [6.45, 7) is 11.4. The summed E-state index contributed by atoms with van der Waals surface area (Å²) in [5.74, 6) is -1.67. The van der Waals surface area contributed by atoms with E-state index in [1.54, 1.807) is 38.1 Å². The molecule has 372 valence electrons. The number of benzene rings is 4. The predicted molar refractivity (Wildman–Crippen MR) is 255 cm³/mol. The molecule has 68 heavy (non-hydrogen) atoms. The number of nitrogens with zero attached hydrogens (tertiary/aromatic N) is 1. The van der Waals surface area contributed by atoms with Crippen molar-refractivity contribution in [2.75, 3.05) is 37.5 Å². The van der Waals surface area contributed by atoms with E-state index < -0.39 is 92.6 Å². The fourth-order valence-corrected chi connectivity index (χ4v) is 12.6. The van der Waals surface area contributed by atoms with Gasteiger partial charge in [0, 0.05) is 59.6 Å². The van der Waals surface area contributed by atoms with Crippen LogP contribution in [0.1, 0.15) is 76.0 Å². The van der Waals surface area contributed by atoms with Crippen LogP contribution in [0.4, 0.5) is 5.69 Å². The zero-order chi connectivity index (χ0) is 51.0. The lowest BCUT2D eigenvalue weighted by Crippen LogP contribution is -2.28. The number of nitrogens with one attached hydrogen (secondary N) is 1. The number of carbonyl (C=O) groups is 1. The van der Waals surface area contributed by atoms with E-state index in [1.165, 1.54) is 31.4 Å². The number of allylic oxidation sites excluding steroid dienone is 5. The van der Waals surface area contributed by atoms with Gasteiger partial charge in [0.05, 0.1) is 27.0 Å². The molecule has 24 heteroatoms. The fourth-order valence-electron chi connectivity index (χ4n) is 8.90. The molecule has 0 aliphatic carbocycles. The standard InChI is InChI=1S/C44H54N2O17S5/c1-28-15-16-33-34(24-31(67(57,58)59)27-38(33)68(60,61)62)41(28)44(5,19-11-23-64(49,50)51)29(2)12-10-13-39-43(3,4)42-35-25-30(66(54,55)56)26-37(65(52,53)45-20-22-63-6)32(35)17-18-36(42)46(39)21-9-7-8-14-40(47)48/h10,12-13,15-18,24-27,45H,2,7-9,11,14,19-23H2,1,3-6H3,(H,47,48)(H,49,50,51)(H,54,55,56)(H,57,58,59)(H,60,61,62)/b12-10+,39-13+. The highest BCUT2D eigenvalue weighted by Crippen LogP contribution is 2.52. The number of anilines is 1. The predicted octanol–water partition coefficient (Wildman–Crippen LogP) is 6.33. The fraction of sp³-hybridized carbons (Fsp3) is 0.386. The molecule has 0 aromatic heterocycles. The number of sulfonamides is 1. The number of methoxy groups -OCH3 is 1. The summed E-state index contributed by atoms with van der Waals surface area (Å²) in [4.78, 5) is 10.4. The zero-order valence-corrected chi connectivity index (χ0v) is 41.8. The highest BCUT2D eigenvalue weighted by atomic mass is 32.2. The molecule has 0 fully saturated rings. The molecular formula is C44H54N2O17S5. The summed E-state index contributed by atoms with van der Waals surface area (Å²) in [6.07, 6.45) is 5.91. The second-order valence-corrected chi connectivity index (χ2v) is 24.7. The summed E-state index contributed by atoms with van der Waals surface area (Å²) in [6, 6.07) is 9.73. The maximum Gasteiger partial charge on any atom is 0.303 e. The minimum Gasteiger partial charge on any atom is -0.481 e. The molecule has 1 aliphatic heterocycles. The Morgan fingerprint density at radius 2 is 1.38 bits per heavy atom. The van der Waals surface area contributed by atoms with Crippen LogP contribution < -0.4 is 9.62 Å². The number of fused-ring (bicyclic) bond motifs is 4. The second kappa shape index (κ2) is 20.0. The number of carboxylic acids is 1. The Kier molecular flexibility index (Phi) is 16.0. The van der Waals surface area contributed by atoms with Crippen LogP contribution in [0.3, 0.4) is 0 Å². The topological polar surface area (TPSA) is 313 Å². The first-order valence-corrected chi connectivity index (χ1v) is 28.3. The number of rotatable bonds is 22. The number of hydrogen-bond acceptors (Lipinski definition) is 13. The Morgan fingerprint density at radius 1 is 0.794 bits per heavy atom. The van der Waals surface area contributed by atoms with Gasteiger partial charge < -0.3 is 14.7 Å². The summed E-state index contributed by atoms with van der Waals surface area (Å²) in [5, 5.41) is 9.40. The van der Waals surface area contributed by atoms with Gasteiger partial charge in [-0.25, -0.2) is 13.1 Å². The number of unbranched alkanes of at least 4 members (excludes halogenated alkanes) is 2. The van der Waals surface area contributed by atoms with Gasteiger partial charge in [-0.2, -0.15) is 33.7 Å². The smallest absolute Gasteiger partial charge is 0.303 e. The second-order valence-electron chi connectivity index (χ2n) is 17.2. The van der Waals surface area contributed by atoms with E-state index in [-0.39, 0.29) is 65.1 Å². The summed E-state index contributed by atoms with van der Waals surface area (Å²) in [5.41, 5.74) is 0.136. The lowest BCUT2D eigenvalue weighted by atomic mass is 9.70. The molecule has 19 nitrogen and oxygen atoms in total. The normalized spacial score (nSPS) is 16.2. The Bertz CT molecular complexity index is 3330. The Balaban J connectivity index is 1.75. The molecule has 1 atom stereocenters. The van der Waals surface area contributed by atoms with E-state index >= 15 is 0 Å². The largest absolute Gasteiger partial charge is 0.481 e. The van der Waals surface area contributed by atoms with Crippen molar-refractivity contribution in [3.05, 3.63) is 101 Å². The van der Waals surface area contributed by atoms with Crippen molar-refractivity contribution in [3.8, 4) is 0 Å². The van der Waals surface area contributed by atoms with Crippen molar-refractivity contribution in [2.45, 2.75) is 96.6 Å². The van der Waals surface area contributed by atoms with Crippen molar-refractivity contribution in [1.82, 2.24) is 4.72 Å². The molecular weight excluding hydrogens is 989 g/mol. The van der Waals surface area contributed by atoms with Gasteiger partial charge in [0.2, 0.25) is 10.0 Å². The SMILES string of the molecule is C=C(/C=C/C=C1/N(CCCCCC(=O)O)c2ccc3c(S(=O)(=O)NCCOC)cc(S(=O)(=O)O)cc3c2C1(C)C)C(C)(CCCS(=O)(=O)O)c1c(C)ccc2c(S(=O)(=O)O)cc(S(=O)(=O)O)cc12. The molecule has 0 saturated carbocycles. The van der Waals surface area contributed by atoms with Crippen LogP contribution in [0.2, 0.25) is 0 Å². The molecule has 1 unspecified atom stereocenters. The van der Waals surface area contributed by atoms with E-state index in [9.17, 15) is 70.2 Å². The van der Waals surface area contributed by atoms with Crippen LogP contribution >= 0.6 is 0 Å². The average molecular weight is 1040 g/mol. The minimum atomic E-state index is -5.10. The molecule has 0 bridgehead atoms. The van der Waals surface area contributed by atoms with Crippen LogP contribution in [0.5, 0.6) is 0 Å². The van der Waals surface area contributed by atoms with E-state index in [0.717, 1.165) is 12.1 Å². The van der Waals surface area contributed by atoms with Gasteiger partial charge in [-0.3, -0.25) is 23.0 Å². The van der Waals surface area contributed by atoms with Crippen molar-refractivity contribution < 1.29 is 74.9 Å². The van der Waals surface area contributed by atoms with Gasteiger partial charge in [0.15, 0.2) is 0 Å². The van der Waals surface area contributed by atoms with Gasteiger partial charge >= 0.3 is 5.97 Å². The van der Waals surface area contributed by atoms with Gasteiger partial charge in [-0.05, 0) is 102 Å². The average Bonchev–Trinajstić information content (AvgIpc) is 3.42. The van der Waals surface area contributed by atoms with Crippen molar-refractivity contribution in [3.63, 3.8) is 0 Å². The quantitative estimate of drug-likeness (QED) is 0.0284. The Hall–Kier alpha value is -4.60. The van der Waals surface area contributed by atoms with Gasteiger partial charge in [-0.15, -0.1) is 0 Å². The molecule has 0 spiro atoms. The lowest BCUT2D eigenvalue weighted by Gasteiger charge is -2.34. The van der Waals surface area contributed by atoms with E-state index in [4.69, 9.17) is 4.74 Å². The van der Waals surface area contributed by atoms with Crippen LogP contribution in [0, 0.1) is 6.92 Å². The summed E-state index contributed by atoms with van der Waals surface area (Å²) in [7, 11) is -22.7. The van der Waals surface area contributed by atoms with Crippen molar-refractivity contribution >= 4 is 83.7 Å². The lowest BCUT2D eigenvalue weighted by molar-refractivity contribution is -0.137. The number of aliphatic carboxylic acids is 1. The third-order valence-electron chi connectivity index (χ3n) is 12.1. The molecule has 6 N–H and O–H groups in total. The molecule has 1 heterocycles. The van der Waals surface area contributed by atoms with Crippen molar-refractivity contribution in [2.24, 2.45) is 0 Å². The van der Waals surface area contributed by atoms with Gasteiger partial charge in [-0.1, -0.05) is 64.1 Å². The molecule has 0 radical (unpaired) electrons. The molecule has 4 aromatic rings. The number of aryl methyl sites for hydroxylation is 1. The monoisotopic (exact) mass is 1040 g/mol. The third-order valence-corrected chi connectivity index (χ3v) is 17.0. The van der Waals surface area contributed by atoms with Crippen LogP contribution in [-0.4, -0.2) is 104 Å². The Morgan fingerprint density at radius 3 is 1.96 bits per heavy atom. The first-order chi connectivity index (χ1) is 31.3. The number of carboxylic acid groups (broad SMARTS) is 1. The third kappa shape index (κ3) is 11.9. The van der Waals surface area contributed by atoms with E-state index in [1.807, 2.05) is 18.7 Å². The maximum absolute atomic E-state index is 13.7. The van der Waals surface area contributed by atoms with Crippen molar-refractivity contribution in [1.29, 1.82) is 0 Å². The summed E-state index contributed by atoms with van der Waals surface area (Å²) >= 11 is 0. The maximum atomic E-state index is 13.7. The molecule has 0 amide bonds. The highest BCUT2D eigenvalue weighted by Gasteiger charge is 2.42. The van der Waals surface area contributed by atoms with Gasteiger partial charge in [0.1, 0.15) is 4.90 Å². The molecule has 4 aromatic carbocycles. The molecule has 0 saturated heterocycles. The highest BCUT2D eigenvalue weighted by molar-refractivity contribution is 7.90. The first kappa shape index (κ1) is 54.3. The van der Waals surface area contributed by atoms with Crippen LogP contribution in [0.15, 0.2) is 104 Å². The number of hydrogen-bond donors (Lipinski definition) is 6.